The minimum Gasteiger partial charge on any atom is -0.507 e. The Hall–Kier alpha value is -4.13. The summed E-state index contributed by atoms with van der Waals surface area (Å²) < 4.78 is 10.6. The molecule has 0 bridgehead atoms. The van der Waals surface area contributed by atoms with Crippen LogP contribution in [0, 0.1) is 0 Å². The largest absolute Gasteiger partial charge is 0.507 e. The summed E-state index contributed by atoms with van der Waals surface area (Å²) in [4.78, 5) is 31.9. The number of hydrogen-bond acceptors (Lipinski definition) is 6. The Morgan fingerprint density at radius 2 is 1.71 bits per heavy atom. The van der Waals surface area contributed by atoms with E-state index in [4.69, 9.17) is 9.47 Å². The highest BCUT2D eigenvalue weighted by Gasteiger charge is 2.47. The van der Waals surface area contributed by atoms with Crippen molar-refractivity contribution in [1.29, 1.82) is 0 Å². The fourth-order valence-corrected chi connectivity index (χ4v) is 3.65. The van der Waals surface area contributed by atoms with Crippen LogP contribution in [0.15, 0.2) is 78.5 Å². The number of aliphatic hydroxyl groups excluding tert-OH is 1. The molecule has 2 aromatic carbocycles. The monoisotopic (exact) mass is 416 g/mol. The maximum absolute atomic E-state index is 13.1. The van der Waals surface area contributed by atoms with E-state index in [9.17, 15) is 14.7 Å². The number of benzene rings is 2. The van der Waals surface area contributed by atoms with Crippen LogP contribution in [0.3, 0.4) is 0 Å². The number of methoxy groups -OCH3 is 2. The molecule has 0 saturated carbocycles. The molecule has 1 N–H and O–H groups in total. The first-order valence-corrected chi connectivity index (χ1v) is 9.56. The Kier molecular flexibility index (Phi) is 5.41. The topological polar surface area (TPSA) is 89.0 Å². The number of hydrogen-bond donors (Lipinski definition) is 1. The number of ketones is 1. The van der Waals surface area contributed by atoms with Crippen molar-refractivity contribution in [2.24, 2.45) is 0 Å². The zero-order valence-corrected chi connectivity index (χ0v) is 17.0. The summed E-state index contributed by atoms with van der Waals surface area (Å²) in [7, 11) is 2.95. The SMILES string of the molecule is COc1ccc(OC)c(/C(O)=C2\C(=O)C(=O)N(c3ccccc3)C2c2ccccn2)c1. The number of Topliss-reactive ketones (excluding diaryl/α,β-unsaturated/α-hetero) is 1. The lowest BCUT2D eigenvalue weighted by molar-refractivity contribution is -0.132. The zero-order valence-electron chi connectivity index (χ0n) is 17.0. The van der Waals surface area contributed by atoms with Crippen LogP contribution in [0.5, 0.6) is 11.5 Å². The maximum Gasteiger partial charge on any atom is 0.300 e. The molecule has 0 radical (unpaired) electrons. The van der Waals surface area contributed by atoms with Gasteiger partial charge < -0.3 is 14.6 Å². The third-order valence-corrected chi connectivity index (χ3v) is 5.11. The molecular formula is C24H20N2O5. The molecule has 3 aromatic rings. The highest BCUT2D eigenvalue weighted by Crippen LogP contribution is 2.43. The number of pyridine rings is 1. The molecule has 7 nitrogen and oxygen atoms in total. The lowest BCUT2D eigenvalue weighted by Gasteiger charge is -2.24. The summed E-state index contributed by atoms with van der Waals surface area (Å²) in [6, 6.07) is 18.0. The van der Waals surface area contributed by atoms with Crippen molar-refractivity contribution in [2.75, 3.05) is 19.1 Å². The van der Waals surface area contributed by atoms with Gasteiger partial charge >= 0.3 is 0 Å². The number of amides is 1. The first-order chi connectivity index (χ1) is 15.1. The number of aliphatic hydroxyl groups is 1. The van der Waals surface area contributed by atoms with E-state index in [1.807, 2.05) is 6.07 Å². The molecule has 1 amide bonds. The number of rotatable bonds is 5. The van der Waals surface area contributed by atoms with E-state index < -0.39 is 17.7 Å². The molecule has 1 fully saturated rings. The Labute approximate surface area is 179 Å². The summed E-state index contributed by atoms with van der Waals surface area (Å²) >= 11 is 0. The van der Waals surface area contributed by atoms with E-state index in [0.29, 0.717) is 22.9 Å². The van der Waals surface area contributed by atoms with Gasteiger partial charge in [-0.05, 0) is 42.5 Å². The summed E-state index contributed by atoms with van der Waals surface area (Å²) in [6.07, 6.45) is 1.58. The Bertz CT molecular complexity index is 1160. The van der Waals surface area contributed by atoms with Gasteiger partial charge in [0.05, 0.1) is 31.1 Å². The second-order valence-electron chi connectivity index (χ2n) is 6.83. The Balaban J connectivity index is 1.98. The summed E-state index contributed by atoms with van der Waals surface area (Å²) in [5, 5.41) is 11.3. The normalized spacial score (nSPS) is 17.6. The molecule has 1 saturated heterocycles. The van der Waals surface area contributed by atoms with E-state index >= 15 is 0 Å². The van der Waals surface area contributed by atoms with Crippen LogP contribution in [-0.4, -0.2) is 36.0 Å². The highest BCUT2D eigenvalue weighted by atomic mass is 16.5. The van der Waals surface area contributed by atoms with Crippen molar-refractivity contribution in [3.63, 3.8) is 0 Å². The fraction of sp³-hybridized carbons (Fsp3) is 0.125. The molecule has 1 aliphatic heterocycles. The number of carbonyl (C=O) groups is 2. The quantitative estimate of drug-likeness (QED) is 0.387. The first-order valence-electron chi connectivity index (χ1n) is 9.56. The van der Waals surface area contributed by atoms with Gasteiger partial charge in [0, 0.05) is 11.9 Å². The van der Waals surface area contributed by atoms with Crippen molar-refractivity contribution >= 4 is 23.1 Å². The van der Waals surface area contributed by atoms with Gasteiger partial charge in [-0.15, -0.1) is 0 Å². The summed E-state index contributed by atoms with van der Waals surface area (Å²) in [5.74, 6) is -1.10. The van der Waals surface area contributed by atoms with E-state index in [1.165, 1.54) is 19.1 Å². The number of carbonyl (C=O) groups excluding carboxylic acids is 2. The third kappa shape index (κ3) is 3.50. The molecule has 1 unspecified atom stereocenters. The molecule has 1 atom stereocenters. The van der Waals surface area contributed by atoms with Crippen molar-refractivity contribution < 1.29 is 24.2 Å². The van der Waals surface area contributed by atoms with Crippen LogP contribution in [0.1, 0.15) is 17.3 Å². The molecule has 4 rings (SSSR count). The van der Waals surface area contributed by atoms with E-state index in [1.54, 1.807) is 66.9 Å². The van der Waals surface area contributed by atoms with Gasteiger partial charge in [-0.25, -0.2) is 0 Å². The van der Waals surface area contributed by atoms with E-state index in [-0.39, 0.29) is 16.9 Å². The van der Waals surface area contributed by atoms with Gasteiger partial charge in [-0.3, -0.25) is 19.5 Å². The fourth-order valence-electron chi connectivity index (χ4n) is 3.65. The average Bonchev–Trinajstić information content (AvgIpc) is 3.09. The molecule has 156 valence electrons. The molecular weight excluding hydrogens is 396 g/mol. The van der Waals surface area contributed by atoms with E-state index in [2.05, 4.69) is 4.98 Å². The zero-order chi connectivity index (χ0) is 22.0. The average molecular weight is 416 g/mol. The van der Waals surface area contributed by atoms with Crippen LogP contribution < -0.4 is 14.4 Å². The number of anilines is 1. The predicted molar refractivity (Wildman–Crippen MR) is 115 cm³/mol. The van der Waals surface area contributed by atoms with Gasteiger partial charge in [0.1, 0.15) is 23.3 Å². The van der Waals surface area contributed by atoms with Crippen molar-refractivity contribution in [3.8, 4) is 11.5 Å². The lowest BCUT2D eigenvalue weighted by atomic mass is 9.97. The molecule has 0 aliphatic carbocycles. The van der Waals surface area contributed by atoms with Crippen molar-refractivity contribution in [2.45, 2.75) is 6.04 Å². The number of ether oxygens (including phenoxy) is 2. The van der Waals surface area contributed by atoms with Crippen LogP contribution in [-0.2, 0) is 9.59 Å². The Morgan fingerprint density at radius 3 is 2.35 bits per heavy atom. The standard InChI is InChI=1S/C24H20N2O5/c1-30-16-11-12-19(31-2)17(14-16)22(27)20-21(18-10-6-7-13-25-18)26(24(29)23(20)28)15-8-4-3-5-9-15/h3-14,21,27H,1-2H3/b22-20+. The van der Waals surface area contributed by atoms with Gasteiger partial charge in [-0.2, -0.15) is 0 Å². The number of para-hydroxylation sites is 1. The van der Waals surface area contributed by atoms with Crippen LogP contribution >= 0.6 is 0 Å². The smallest absolute Gasteiger partial charge is 0.300 e. The third-order valence-electron chi connectivity index (χ3n) is 5.11. The molecule has 1 aliphatic rings. The second-order valence-corrected chi connectivity index (χ2v) is 6.83. The van der Waals surface area contributed by atoms with Gasteiger partial charge in [0.2, 0.25) is 0 Å². The van der Waals surface area contributed by atoms with Crippen molar-refractivity contribution in [3.05, 3.63) is 89.8 Å². The molecule has 7 heteroatoms. The Morgan fingerprint density at radius 1 is 0.968 bits per heavy atom. The van der Waals surface area contributed by atoms with Gasteiger partial charge in [-0.1, -0.05) is 24.3 Å². The van der Waals surface area contributed by atoms with Crippen LogP contribution in [0.4, 0.5) is 5.69 Å². The second kappa shape index (κ2) is 8.31. The summed E-state index contributed by atoms with van der Waals surface area (Å²) in [5.41, 5.74) is 1.15. The first kappa shape index (κ1) is 20.2. The molecule has 2 heterocycles. The minimum atomic E-state index is -0.903. The lowest BCUT2D eigenvalue weighted by Crippen LogP contribution is -2.29. The number of aromatic nitrogens is 1. The molecule has 31 heavy (non-hydrogen) atoms. The maximum atomic E-state index is 13.1. The van der Waals surface area contributed by atoms with Crippen molar-refractivity contribution in [1.82, 2.24) is 4.98 Å². The van der Waals surface area contributed by atoms with E-state index in [0.717, 1.165) is 0 Å². The predicted octanol–water partition coefficient (Wildman–Crippen LogP) is 3.73. The number of nitrogens with zero attached hydrogens (tertiary/aromatic N) is 2. The minimum absolute atomic E-state index is 0.0703. The molecule has 0 spiro atoms. The van der Waals surface area contributed by atoms with Gasteiger partial charge in [0.15, 0.2) is 0 Å². The highest BCUT2D eigenvalue weighted by molar-refractivity contribution is 6.51. The van der Waals surface area contributed by atoms with Gasteiger partial charge in [0.25, 0.3) is 11.7 Å². The summed E-state index contributed by atoms with van der Waals surface area (Å²) in [6.45, 7) is 0. The van der Waals surface area contributed by atoms with Crippen LogP contribution in [0.25, 0.3) is 5.76 Å². The molecule has 1 aromatic heterocycles. The van der Waals surface area contributed by atoms with Crippen LogP contribution in [0.2, 0.25) is 0 Å².